The highest BCUT2D eigenvalue weighted by Crippen LogP contribution is 2.47. The summed E-state index contributed by atoms with van der Waals surface area (Å²) < 4.78 is 0. The van der Waals surface area contributed by atoms with Gasteiger partial charge in [-0.2, -0.15) is 0 Å². The van der Waals surface area contributed by atoms with Gasteiger partial charge < -0.3 is 10.2 Å². The van der Waals surface area contributed by atoms with Crippen LogP contribution in [0.4, 0.5) is 0 Å². The number of aryl methyl sites for hydroxylation is 4. The van der Waals surface area contributed by atoms with Gasteiger partial charge in [0.1, 0.15) is 11.5 Å². The molecule has 2 nitrogen and oxygen atoms in total. The molecule has 3 rings (SSSR count). The fourth-order valence-electron chi connectivity index (χ4n) is 4.36. The first-order chi connectivity index (χ1) is 12.3. The van der Waals surface area contributed by atoms with E-state index < -0.39 is 0 Å². The van der Waals surface area contributed by atoms with Crippen LogP contribution in [0.5, 0.6) is 11.5 Å². The Hall–Kier alpha value is -1.96. The van der Waals surface area contributed by atoms with Crippen molar-refractivity contribution >= 4 is 0 Å². The predicted molar refractivity (Wildman–Crippen MR) is 110 cm³/mol. The van der Waals surface area contributed by atoms with Crippen molar-refractivity contribution in [3.63, 3.8) is 0 Å². The second kappa shape index (κ2) is 8.16. The molecule has 0 unspecified atom stereocenters. The van der Waals surface area contributed by atoms with Crippen LogP contribution in [-0.4, -0.2) is 10.2 Å². The molecule has 1 fully saturated rings. The van der Waals surface area contributed by atoms with Crippen molar-refractivity contribution < 1.29 is 10.2 Å². The lowest BCUT2D eigenvalue weighted by molar-refractivity contribution is 0.344. The van der Waals surface area contributed by atoms with Gasteiger partial charge in [-0.1, -0.05) is 57.4 Å². The molecule has 26 heavy (non-hydrogen) atoms. The van der Waals surface area contributed by atoms with Gasteiger partial charge in [0.25, 0.3) is 0 Å². The summed E-state index contributed by atoms with van der Waals surface area (Å²) in [6, 6.07) is 8.63. The SMILES string of the molecule is CC.Cc1cc(C2(c3cc(C)c(O)c(C)c3)CCCCC2)cc(C)c1O. The summed E-state index contributed by atoms with van der Waals surface area (Å²) in [7, 11) is 0. The molecule has 2 aromatic carbocycles. The Bertz CT molecular complexity index is 662. The minimum Gasteiger partial charge on any atom is -0.507 e. The van der Waals surface area contributed by atoms with Gasteiger partial charge in [0.15, 0.2) is 0 Å². The summed E-state index contributed by atoms with van der Waals surface area (Å²) in [5.41, 5.74) is 6.39. The van der Waals surface area contributed by atoms with Gasteiger partial charge in [-0.3, -0.25) is 0 Å². The van der Waals surface area contributed by atoms with Crippen molar-refractivity contribution in [1.82, 2.24) is 0 Å². The zero-order valence-electron chi connectivity index (χ0n) is 17.2. The Morgan fingerprint density at radius 2 is 0.923 bits per heavy atom. The van der Waals surface area contributed by atoms with Crippen LogP contribution in [0.15, 0.2) is 24.3 Å². The van der Waals surface area contributed by atoms with Crippen molar-refractivity contribution in [3.8, 4) is 11.5 Å². The summed E-state index contributed by atoms with van der Waals surface area (Å²) in [6.07, 6.45) is 5.98. The maximum absolute atomic E-state index is 10.2. The fraction of sp³-hybridized carbons (Fsp3) is 0.500. The van der Waals surface area contributed by atoms with Crippen molar-refractivity contribution in [2.75, 3.05) is 0 Å². The molecular weight excluding hydrogens is 320 g/mol. The maximum Gasteiger partial charge on any atom is 0.121 e. The summed E-state index contributed by atoms with van der Waals surface area (Å²) in [4.78, 5) is 0. The van der Waals surface area contributed by atoms with Crippen LogP contribution in [0.25, 0.3) is 0 Å². The summed E-state index contributed by atoms with van der Waals surface area (Å²) in [5.74, 6) is 0.811. The van der Waals surface area contributed by atoms with Crippen LogP contribution in [0.1, 0.15) is 79.3 Å². The molecule has 1 saturated carbocycles. The van der Waals surface area contributed by atoms with E-state index in [2.05, 4.69) is 24.3 Å². The molecule has 1 aliphatic carbocycles. The predicted octanol–water partition coefficient (Wildman–Crippen LogP) is 6.61. The van der Waals surface area contributed by atoms with Gasteiger partial charge in [-0.05, 0) is 73.9 Å². The number of phenols is 2. The van der Waals surface area contributed by atoms with Gasteiger partial charge in [0.05, 0.1) is 0 Å². The number of phenolic OH excluding ortho intramolecular Hbond substituents is 2. The van der Waals surface area contributed by atoms with Gasteiger partial charge in [0.2, 0.25) is 0 Å². The molecule has 2 aromatic rings. The number of benzene rings is 2. The number of rotatable bonds is 2. The Morgan fingerprint density at radius 1 is 0.615 bits per heavy atom. The van der Waals surface area contributed by atoms with E-state index in [0.29, 0.717) is 11.5 Å². The number of hydrogen-bond acceptors (Lipinski definition) is 2. The summed E-state index contributed by atoms with van der Waals surface area (Å²) in [6.45, 7) is 11.9. The molecule has 0 radical (unpaired) electrons. The highest BCUT2D eigenvalue weighted by atomic mass is 16.3. The Balaban J connectivity index is 0.00000117. The molecule has 0 heterocycles. The third-order valence-electron chi connectivity index (χ3n) is 5.79. The monoisotopic (exact) mass is 354 g/mol. The minimum atomic E-state index is -0.00924. The minimum absolute atomic E-state index is 0.00924. The van der Waals surface area contributed by atoms with E-state index in [1.807, 2.05) is 41.5 Å². The molecule has 0 saturated heterocycles. The van der Waals surface area contributed by atoms with Crippen molar-refractivity contribution in [3.05, 3.63) is 57.6 Å². The number of aromatic hydroxyl groups is 2. The van der Waals surface area contributed by atoms with E-state index in [1.54, 1.807) is 0 Å². The molecule has 1 aliphatic rings. The first kappa shape index (κ1) is 20.4. The standard InChI is InChI=1S/C22H28O2.C2H6/c1-14-10-18(11-15(2)20(14)23)22(8-6-5-7-9-22)19-12-16(3)21(24)17(4)13-19;1-2/h10-13,23-24H,5-9H2,1-4H3;1-2H3. The van der Waals surface area contributed by atoms with Crippen LogP contribution in [0, 0.1) is 27.7 Å². The van der Waals surface area contributed by atoms with Gasteiger partial charge in [0, 0.05) is 5.41 Å². The quantitative estimate of drug-likeness (QED) is 0.637. The van der Waals surface area contributed by atoms with Gasteiger partial charge in [-0.25, -0.2) is 0 Å². The lowest BCUT2D eigenvalue weighted by Crippen LogP contribution is -2.31. The van der Waals surface area contributed by atoms with Crippen LogP contribution in [-0.2, 0) is 5.41 Å². The summed E-state index contributed by atoms with van der Waals surface area (Å²) in [5, 5.41) is 20.4. The highest BCUT2D eigenvalue weighted by molar-refractivity contribution is 5.52. The molecule has 0 atom stereocenters. The van der Waals surface area contributed by atoms with E-state index in [1.165, 1.54) is 30.4 Å². The third-order valence-corrected chi connectivity index (χ3v) is 5.79. The first-order valence-electron chi connectivity index (χ1n) is 9.96. The van der Waals surface area contributed by atoms with Crippen molar-refractivity contribution in [1.29, 1.82) is 0 Å². The molecule has 0 aliphatic heterocycles. The highest BCUT2D eigenvalue weighted by Gasteiger charge is 2.36. The largest absolute Gasteiger partial charge is 0.507 e. The molecular formula is C24H34O2. The van der Waals surface area contributed by atoms with E-state index in [9.17, 15) is 10.2 Å². The molecule has 2 N–H and O–H groups in total. The Morgan fingerprint density at radius 3 is 1.23 bits per heavy atom. The van der Waals surface area contributed by atoms with Gasteiger partial charge in [-0.15, -0.1) is 0 Å². The van der Waals surface area contributed by atoms with Crippen LogP contribution in [0.3, 0.4) is 0 Å². The van der Waals surface area contributed by atoms with E-state index >= 15 is 0 Å². The van der Waals surface area contributed by atoms with E-state index in [0.717, 1.165) is 35.1 Å². The summed E-state index contributed by atoms with van der Waals surface area (Å²) >= 11 is 0. The smallest absolute Gasteiger partial charge is 0.121 e. The molecule has 0 bridgehead atoms. The zero-order chi connectivity index (χ0) is 19.5. The average Bonchev–Trinajstić information content (AvgIpc) is 2.65. The van der Waals surface area contributed by atoms with Gasteiger partial charge >= 0.3 is 0 Å². The first-order valence-corrected chi connectivity index (χ1v) is 9.96. The molecule has 142 valence electrons. The zero-order valence-corrected chi connectivity index (χ0v) is 17.2. The van der Waals surface area contributed by atoms with Crippen LogP contribution < -0.4 is 0 Å². The van der Waals surface area contributed by atoms with E-state index in [-0.39, 0.29) is 5.41 Å². The third kappa shape index (κ3) is 3.60. The van der Waals surface area contributed by atoms with Crippen LogP contribution >= 0.6 is 0 Å². The fourth-order valence-corrected chi connectivity index (χ4v) is 4.36. The lowest BCUT2D eigenvalue weighted by Gasteiger charge is -2.39. The normalized spacial score (nSPS) is 15.9. The topological polar surface area (TPSA) is 40.5 Å². The van der Waals surface area contributed by atoms with E-state index in [4.69, 9.17) is 0 Å². The second-order valence-corrected chi connectivity index (χ2v) is 7.56. The lowest BCUT2D eigenvalue weighted by atomic mass is 9.64. The average molecular weight is 355 g/mol. The molecule has 0 aromatic heterocycles. The molecule has 2 heteroatoms. The van der Waals surface area contributed by atoms with Crippen LogP contribution in [0.2, 0.25) is 0 Å². The maximum atomic E-state index is 10.2. The molecule has 0 spiro atoms. The van der Waals surface area contributed by atoms with Crippen molar-refractivity contribution in [2.24, 2.45) is 0 Å². The second-order valence-electron chi connectivity index (χ2n) is 7.56. The Kier molecular flexibility index (Phi) is 6.39. The van der Waals surface area contributed by atoms with Crippen molar-refractivity contribution in [2.45, 2.75) is 79.1 Å². The number of hydrogen-bond donors (Lipinski definition) is 2. The Labute approximate surface area is 158 Å². The molecule has 0 amide bonds.